The zero-order valence-corrected chi connectivity index (χ0v) is 12.9. The summed E-state index contributed by atoms with van der Waals surface area (Å²) in [4.78, 5) is 21.5. The first-order valence-corrected chi connectivity index (χ1v) is 7.54. The molecule has 1 unspecified atom stereocenters. The number of nitro benzene ring substituents is 1. The summed E-state index contributed by atoms with van der Waals surface area (Å²) < 4.78 is 21.8. The Morgan fingerprint density at radius 3 is 2.33 bits per heavy atom. The number of carbonyl (C=O) groups excluding carboxylic acids is 1. The largest absolute Gasteiger partial charge is 0.462 e. The first-order chi connectivity index (χ1) is 9.79. The van der Waals surface area contributed by atoms with E-state index >= 15 is 0 Å². The van der Waals surface area contributed by atoms with Gasteiger partial charge in [0, 0.05) is 12.1 Å². The fourth-order valence-corrected chi connectivity index (χ4v) is 2.22. The van der Waals surface area contributed by atoms with Gasteiger partial charge in [0.25, 0.3) is 5.69 Å². The molecule has 9 heteroatoms. The Morgan fingerprint density at radius 1 is 1.29 bits per heavy atom. The van der Waals surface area contributed by atoms with Gasteiger partial charge >= 0.3 is 14.1 Å². The van der Waals surface area contributed by atoms with E-state index in [1.807, 2.05) is 0 Å². The molecule has 0 spiro atoms. The Labute approximate surface area is 122 Å². The smallest absolute Gasteiger partial charge is 0.323 e. The van der Waals surface area contributed by atoms with Crippen molar-refractivity contribution in [3.63, 3.8) is 0 Å². The van der Waals surface area contributed by atoms with Crippen LogP contribution >= 0.6 is 8.18 Å². The third-order valence-electron chi connectivity index (χ3n) is 2.30. The molecule has 0 aliphatic heterocycles. The highest BCUT2D eigenvalue weighted by atomic mass is 31.1. The summed E-state index contributed by atoms with van der Waals surface area (Å²) in [5, 5.41) is 13.0. The van der Waals surface area contributed by atoms with Crippen molar-refractivity contribution in [2.45, 2.75) is 32.9 Å². The fraction of sp³-hybridized carbons (Fsp3) is 0.417. The second-order valence-corrected chi connectivity index (χ2v) is 5.56. The minimum atomic E-state index is -2.72. The van der Waals surface area contributed by atoms with Crippen LogP contribution in [0.4, 0.5) is 5.69 Å². The van der Waals surface area contributed by atoms with Crippen LogP contribution in [0, 0.1) is 10.1 Å². The van der Waals surface area contributed by atoms with Gasteiger partial charge in [-0.05, 0) is 32.9 Å². The maximum absolute atomic E-state index is 11.7. The lowest BCUT2D eigenvalue weighted by Gasteiger charge is -2.15. The van der Waals surface area contributed by atoms with Gasteiger partial charge in [-0.1, -0.05) is 0 Å². The lowest BCUT2D eigenvalue weighted by molar-refractivity contribution is -0.384. The molecule has 1 rings (SSSR count). The summed E-state index contributed by atoms with van der Waals surface area (Å²) >= 11 is 0. The highest BCUT2D eigenvalue weighted by Gasteiger charge is 2.18. The van der Waals surface area contributed by atoms with Crippen LogP contribution in [-0.2, 0) is 14.1 Å². The van der Waals surface area contributed by atoms with Gasteiger partial charge in [0.1, 0.15) is 11.8 Å². The number of ether oxygens (including phenoxy) is 1. The number of benzene rings is 1. The average molecular weight is 316 g/mol. The van der Waals surface area contributed by atoms with E-state index in [1.165, 1.54) is 31.2 Å². The predicted octanol–water partition coefficient (Wildman–Crippen LogP) is 2.29. The van der Waals surface area contributed by atoms with E-state index in [0.29, 0.717) is 0 Å². The number of hydrogen-bond acceptors (Lipinski definition) is 6. The number of esters is 1. The molecule has 0 saturated heterocycles. The lowest BCUT2D eigenvalue weighted by Crippen LogP contribution is -2.33. The molecule has 2 atom stereocenters. The van der Waals surface area contributed by atoms with E-state index in [9.17, 15) is 19.5 Å². The molecule has 21 heavy (non-hydrogen) atoms. The van der Waals surface area contributed by atoms with Gasteiger partial charge in [-0.3, -0.25) is 19.5 Å². The van der Waals surface area contributed by atoms with Gasteiger partial charge in [0.05, 0.1) is 11.0 Å². The maximum Gasteiger partial charge on any atom is 0.323 e. The van der Waals surface area contributed by atoms with Gasteiger partial charge in [-0.15, -0.1) is 0 Å². The summed E-state index contributed by atoms with van der Waals surface area (Å²) in [7, 11) is -2.72. The maximum atomic E-state index is 11.7. The summed E-state index contributed by atoms with van der Waals surface area (Å²) in [5.74, 6) is -0.322. The molecular weight excluding hydrogens is 299 g/mol. The highest BCUT2D eigenvalue weighted by Crippen LogP contribution is 2.26. The van der Waals surface area contributed by atoms with Crippen molar-refractivity contribution in [1.82, 2.24) is 5.09 Å². The number of carbonyl (C=O) groups is 1. The molecule has 0 aromatic heterocycles. The fourth-order valence-electron chi connectivity index (χ4n) is 1.34. The minimum Gasteiger partial charge on any atom is -0.462 e. The molecule has 0 saturated carbocycles. The van der Waals surface area contributed by atoms with E-state index in [0.717, 1.165) is 0 Å². The standard InChI is InChI=1S/C12H17N2O6P/c1-8(2)19-12(15)9(3)13-21(18)20-11-6-4-10(5-7-11)14(16)17/h4-9,21H,1-3H3,(H,13,18)/t9-/m1/s1. The third-order valence-corrected chi connectivity index (χ3v) is 3.39. The van der Waals surface area contributed by atoms with Crippen LogP contribution in [0.5, 0.6) is 5.75 Å². The van der Waals surface area contributed by atoms with Crippen LogP contribution in [0.1, 0.15) is 20.8 Å². The van der Waals surface area contributed by atoms with Crippen LogP contribution in [0.3, 0.4) is 0 Å². The van der Waals surface area contributed by atoms with Crippen molar-refractivity contribution in [2.75, 3.05) is 0 Å². The van der Waals surface area contributed by atoms with E-state index in [1.54, 1.807) is 13.8 Å². The number of rotatable bonds is 7. The molecule has 0 radical (unpaired) electrons. The second kappa shape index (κ2) is 7.75. The average Bonchev–Trinajstić information content (AvgIpc) is 2.38. The van der Waals surface area contributed by atoms with Crippen molar-refractivity contribution in [2.24, 2.45) is 0 Å². The first-order valence-electron chi connectivity index (χ1n) is 6.23. The van der Waals surface area contributed by atoms with E-state index in [4.69, 9.17) is 9.26 Å². The van der Waals surface area contributed by atoms with Crippen LogP contribution in [0.2, 0.25) is 0 Å². The SMILES string of the molecule is CC(C)OC(=O)[C@@H](C)N[PH](=O)Oc1ccc([N+](=O)[O-])cc1. The molecule has 0 aliphatic rings. The minimum absolute atomic E-state index is 0.0936. The molecule has 0 bridgehead atoms. The zero-order chi connectivity index (χ0) is 16.0. The van der Waals surface area contributed by atoms with E-state index < -0.39 is 25.1 Å². The molecule has 0 fully saturated rings. The van der Waals surface area contributed by atoms with E-state index in [2.05, 4.69) is 5.09 Å². The Hall–Kier alpha value is -1.92. The van der Waals surface area contributed by atoms with Crippen molar-refractivity contribution >= 4 is 19.8 Å². The molecule has 1 aromatic rings. The number of non-ortho nitro benzene ring substituents is 1. The summed E-state index contributed by atoms with van der Waals surface area (Å²) in [6.07, 6.45) is -0.264. The Bertz CT molecular complexity index is 531. The van der Waals surface area contributed by atoms with E-state index in [-0.39, 0.29) is 17.5 Å². The molecule has 1 aromatic carbocycles. The molecule has 8 nitrogen and oxygen atoms in total. The van der Waals surface area contributed by atoms with Crippen molar-refractivity contribution < 1.29 is 23.5 Å². The highest BCUT2D eigenvalue weighted by molar-refractivity contribution is 7.37. The Kier molecular flexibility index (Phi) is 6.33. The zero-order valence-electron chi connectivity index (χ0n) is 11.9. The quantitative estimate of drug-likeness (QED) is 0.356. The van der Waals surface area contributed by atoms with Crippen molar-refractivity contribution in [1.29, 1.82) is 0 Å². The van der Waals surface area contributed by atoms with Crippen LogP contribution in [-0.4, -0.2) is 23.0 Å². The first kappa shape index (κ1) is 17.1. The number of nitrogens with one attached hydrogen (secondary N) is 1. The van der Waals surface area contributed by atoms with Gasteiger partial charge in [0.2, 0.25) is 0 Å². The topological polar surface area (TPSA) is 108 Å². The Balaban J connectivity index is 2.53. The monoisotopic (exact) mass is 316 g/mol. The number of nitro groups is 1. The van der Waals surface area contributed by atoms with Crippen molar-refractivity contribution in [3.05, 3.63) is 34.4 Å². The lowest BCUT2D eigenvalue weighted by atomic mass is 10.3. The summed E-state index contributed by atoms with van der Waals surface area (Å²) in [6, 6.07) is 4.36. The summed E-state index contributed by atoms with van der Waals surface area (Å²) in [6.45, 7) is 4.93. The summed E-state index contributed by atoms with van der Waals surface area (Å²) in [5.41, 5.74) is -0.0936. The van der Waals surface area contributed by atoms with Crippen molar-refractivity contribution in [3.8, 4) is 5.75 Å². The number of hydrogen-bond donors (Lipinski definition) is 1. The van der Waals surface area contributed by atoms with Crippen LogP contribution < -0.4 is 9.61 Å². The molecule has 0 heterocycles. The van der Waals surface area contributed by atoms with Gasteiger partial charge in [0.15, 0.2) is 0 Å². The van der Waals surface area contributed by atoms with Gasteiger partial charge < -0.3 is 9.26 Å². The predicted molar refractivity (Wildman–Crippen MR) is 76.6 cm³/mol. The van der Waals surface area contributed by atoms with Gasteiger partial charge in [-0.2, -0.15) is 0 Å². The third kappa shape index (κ3) is 5.93. The molecule has 0 aliphatic carbocycles. The molecular formula is C12H17N2O6P. The molecule has 0 amide bonds. The normalized spacial score (nSPS) is 13.5. The Morgan fingerprint density at radius 2 is 1.86 bits per heavy atom. The molecule has 116 valence electrons. The van der Waals surface area contributed by atoms with Crippen LogP contribution in [0.25, 0.3) is 0 Å². The second-order valence-electron chi connectivity index (χ2n) is 4.49. The molecule has 1 N–H and O–H groups in total. The number of nitrogens with zero attached hydrogens (tertiary/aromatic N) is 1. The van der Waals surface area contributed by atoms with Gasteiger partial charge in [-0.25, -0.2) is 5.09 Å². The van der Waals surface area contributed by atoms with Crippen LogP contribution in [0.15, 0.2) is 24.3 Å².